The van der Waals surface area contributed by atoms with Crippen LogP contribution in [0.2, 0.25) is 0 Å². The minimum atomic E-state index is -0.326. The number of thiophene rings is 1. The highest BCUT2D eigenvalue weighted by atomic mass is 32.1. The number of amides is 1. The molecule has 112 valence electrons. The first kappa shape index (κ1) is 14.4. The van der Waals surface area contributed by atoms with Crippen molar-refractivity contribution in [2.45, 2.75) is 13.0 Å². The topological polar surface area (TPSA) is 68.0 Å². The fraction of sp³-hybridized carbons (Fsp3) is 0.133. The Hall–Kier alpha value is -2.54. The normalized spacial score (nSPS) is 10.6. The number of carbonyl (C=O) groups is 1. The molecule has 22 heavy (non-hydrogen) atoms. The van der Waals surface area contributed by atoms with Crippen molar-refractivity contribution < 1.29 is 13.7 Å². The maximum atomic E-state index is 12.9. The van der Waals surface area contributed by atoms with E-state index in [9.17, 15) is 9.18 Å². The average Bonchev–Trinajstić information content (AvgIpc) is 3.17. The van der Waals surface area contributed by atoms with Gasteiger partial charge in [0.15, 0.2) is 0 Å². The van der Waals surface area contributed by atoms with Crippen LogP contribution in [0.4, 0.5) is 4.39 Å². The van der Waals surface area contributed by atoms with E-state index in [1.807, 2.05) is 17.5 Å². The second kappa shape index (κ2) is 6.48. The lowest BCUT2D eigenvalue weighted by molar-refractivity contribution is -0.120. The summed E-state index contributed by atoms with van der Waals surface area (Å²) in [6.07, 6.45) is 0.330. The fourth-order valence-corrected chi connectivity index (χ4v) is 2.55. The lowest BCUT2D eigenvalue weighted by atomic mass is 10.2. The van der Waals surface area contributed by atoms with Crippen molar-refractivity contribution in [2.75, 3.05) is 0 Å². The van der Waals surface area contributed by atoms with Crippen LogP contribution in [-0.4, -0.2) is 16.0 Å². The molecule has 0 spiro atoms. The van der Waals surface area contributed by atoms with Crippen LogP contribution in [0.5, 0.6) is 0 Å². The van der Waals surface area contributed by atoms with Gasteiger partial charge >= 0.3 is 0 Å². The number of hydrogen-bond donors (Lipinski definition) is 1. The van der Waals surface area contributed by atoms with E-state index in [1.165, 1.54) is 23.5 Å². The van der Waals surface area contributed by atoms with Crippen molar-refractivity contribution in [3.8, 4) is 11.4 Å². The number of hydrogen-bond acceptors (Lipinski definition) is 5. The molecule has 0 aliphatic heterocycles. The van der Waals surface area contributed by atoms with Crippen molar-refractivity contribution in [3.05, 3.63) is 58.4 Å². The van der Waals surface area contributed by atoms with Gasteiger partial charge in [-0.25, -0.2) is 4.39 Å². The molecule has 5 nitrogen and oxygen atoms in total. The average molecular weight is 317 g/mol. The van der Waals surface area contributed by atoms with Gasteiger partial charge in [-0.2, -0.15) is 4.98 Å². The van der Waals surface area contributed by atoms with Gasteiger partial charge in [0.2, 0.25) is 17.6 Å². The Morgan fingerprint density at radius 3 is 2.82 bits per heavy atom. The highest BCUT2D eigenvalue weighted by Gasteiger charge is 2.10. The Balaban J connectivity index is 1.57. The number of halogens is 1. The highest BCUT2D eigenvalue weighted by molar-refractivity contribution is 7.10. The first-order chi connectivity index (χ1) is 10.7. The van der Waals surface area contributed by atoms with E-state index in [1.54, 1.807) is 12.1 Å². The molecule has 2 aromatic heterocycles. The van der Waals surface area contributed by atoms with Crippen LogP contribution in [0, 0.1) is 5.82 Å². The zero-order chi connectivity index (χ0) is 15.4. The zero-order valence-electron chi connectivity index (χ0n) is 11.5. The quantitative estimate of drug-likeness (QED) is 0.785. The summed E-state index contributed by atoms with van der Waals surface area (Å²) in [5.41, 5.74) is 0.654. The van der Waals surface area contributed by atoms with Gasteiger partial charge in [-0.1, -0.05) is 11.2 Å². The van der Waals surface area contributed by atoms with Crippen molar-refractivity contribution >= 4 is 17.2 Å². The Kier molecular flexibility index (Phi) is 4.24. The SMILES string of the molecule is O=C(Cc1cccs1)NCc1nc(-c2ccc(F)cc2)no1. The van der Waals surface area contributed by atoms with Crippen molar-refractivity contribution in [2.24, 2.45) is 0 Å². The molecule has 3 rings (SSSR count). The molecule has 3 aromatic rings. The molecule has 1 amide bonds. The van der Waals surface area contributed by atoms with Gasteiger partial charge in [-0.05, 0) is 35.7 Å². The first-order valence-corrected chi connectivity index (χ1v) is 7.46. The van der Waals surface area contributed by atoms with Crippen LogP contribution in [0.3, 0.4) is 0 Å². The molecule has 7 heteroatoms. The molecule has 0 aliphatic carbocycles. The van der Waals surface area contributed by atoms with Gasteiger partial charge < -0.3 is 9.84 Å². The molecule has 0 radical (unpaired) electrons. The van der Waals surface area contributed by atoms with E-state index < -0.39 is 0 Å². The number of nitrogens with one attached hydrogen (secondary N) is 1. The smallest absolute Gasteiger partial charge is 0.246 e. The summed E-state index contributed by atoms with van der Waals surface area (Å²) in [5, 5.41) is 8.46. The predicted octanol–water partition coefficient (Wildman–Crippen LogP) is 2.80. The molecular formula is C15H12FN3O2S. The summed E-state index contributed by atoms with van der Waals surface area (Å²) in [6.45, 7) is 0.165. The third kappa shape index (κ3) is 3.56. The Morgan fingerprint density at radius 1 is 1.27 bits per heavy atom. The monoisotopic (exact) mass is 317 g/mol. The molecular weight excluding hydrogens is 305 g/mol. The largest absolute Gasteiger partial charge is 0.347 e. The van der Waals surface area contributed by atoms with Gasteiger partial charge in [0.25, 0.3) is 0 Å². The van der Waals surface area contributed by atoms with Crippen molar-refractivity contribution in [1.29, 1.82) is 0 Å². The Bertz CT molecular complexity index is 753. The summed E-state index contributed by atoms with van der Waals surface area (Å²) in [4.78, 5) is 16.9. The third-order valence-corrected chi connectivity index (χ3v) is 3.80. The summed E-state index contributed by atoms with van der Waals surface area (Å²) < 4.78 is 17.9. The molecule has 1 N–H and O–H groups in total. The van der Waals surface area contributed by atoms with E-state index in [-0.39, 0.29) is 18.3 Å². The van der Waals surface area contributed by atoms with Crippen molar-refractivity contribution in [1.82, 2.24) is 15.5 Å². The predicted molar refractivity (Wildman–Crippen MR) is 79.6 cm³/mol. The third-order valence-electron chi connectivity index (χ3n) is 2.92. The molecule has 0 saturated heterocycles. The molecule has 0 aliphatic rings. The first-order valence-electron chi connectivity index (χ1n) is 6.58. The molecule has 0 bridgehead atoms. The van der Waals surface area contributed by atoms with Gasteiger partial charge in [0.1, 0.15) is 5.82 Å². The van der Waals surface area contributed by atoms with Crippen molar-refractivity contribution in [3.63, 3.8) is 0 Å². The van der Waals surface area contributed by atoms with E-state index in [4.69, 9.17) is 4.52 Å². The highest BCUT2D eigenvalue weighted by Crippen LogP contribution is 2.16. The van der Waals surface area contributed by atoms with Crippen LogP contribution < -0.4 is 5.32 Å². The second-order valence-electron chi connectivity index (χ2n) is 4.55. The van der Waals surface area contributed by atoms with E-state index >= 15 is 0 Å². The number of aromatic nitrogens is 2. The van der Waals surface area contributed by atoms with Crippen LogP contribution >= 0.6 is 11.3 Å². The van der Waals surface area contributed by atoms with E-state index in [2.05, 4.69) is 15.5 Å². The maximum absolute atomic E-state index is 12.9. The molecule has 0 fully saturated rings. The number of benzene rings is 1. The van der Waals surface area contributed by atoms with Gasteiger partial charge in [-0.15, -0.1) is 11.3 Å². The van der Waals surface area contributed by atoms with Gasteiger partial charge in [0, 0.05) is 10.4 Å². The number of carbonyl (C=O) groups excluding carboxylic acids is 1. The number of rotatable bonds is 5. The van der Waals surface area contributed by atoms with Gasteiger partial charge in [0.05, 0.1) is 13.0 Å². The molecule has 0 saturated carbocycles. The molecule has 0 unspecified atom stereocenters. The molecule has 0 atom stereocenters. The molecule has 2 heterocycles. The van der Waals surface area contributed by atoms with E-state index in [0.717, 1.165) is 4.88 Å². The lowest BCUT2D eigenvalue weighted by Crippen LogP contribution is -2.24. The Morgan fingerprint density at radius 2 is 2.09 bits per heavy atom. The summed E-state index contributed by atoms with van der Waals surface area (Å²) in [6, 6.07) is 9.60. The van der Waals surface area contributed by atoms with E-state index in [0.29, 0.717) is 23.7 Å². The maximum Gasteiger partial charge on any atom is 0.246 e. The number of nitrogens with zero attached hydrogens (tertiary/aromatic N) is 2. The summed E-state index contributed by atoms with van der Waals surface area (Å²) in [5.74, 6) is 0.235. The van der Waals surface area contributed by atoms with Crippen LogP contribution in [0.1, 0.15) is 10.8 Å². The second-order valence-corrected chi connectivity index (χ2v) is 5.58. The molecule has 1 aromatic carbocycles. The van der Waals surface area contributed by atoms with Crippen LogP contribution in [0.15, 0.2) is 46.3 Å². The van der Waals surface area contributed by atoms with Crippen LogP contribution in [-0.2, 0) is 17.8 Å². The minimum Gasteiger partial charge on any atom is -0.347 e. The fourth-order valence-electron chi connectivity index (χ4n) is 1.85. The Labute approximate surface area is 129 Å². The minimum absolute atomic E-state index is 0.107. The summed E-state index contributed by atoms with van der Waals surface area (Å²) >= 11 is 1.53. The standard InChI is InChI=1S/C15H12FN3O2S/c16-11-5-3-10(4-6-11)15-18-14(21-19-15)9-17-13(20)8-12-2-1-7-22-12/h1-7H,8-9H2,(H,17,20). The van der Waals surface area contributed by atoms with Crippen LogP contribution in [0.25, 0.3) is 11.4 Å². The zero-order valence-corrected chi connectivity index (χ0v) is 12.3. The lowest BCUT2D eigenvalue weighted by Gasteiger charge is -1.99. The van der Waals surface area contributed by atoms with Gasteiger partial charge in [-0.3, -0.25) is 4.79 Å². The summed E-state index contributed by atoms with van der Waals surface area (Å²) in [7, 11) is 0.